The van der Waals surface area contributed by atoms with E-state index < -0.39 is 0 Å². The molecule has 0 atom stereocenters. The fourth-order valence-corrected chi connectivity index (χ4v) is 2.40. The normalized spacial score (nSPS) is 10.8. The molecule has 0 unspecified atom stereocenters. The summed E-state index contributed by atoms with van der Waals surface area (Å²) < 4.78 is 1.05. The third kappa shape index (κ3) is 15.7. The summed E-state index contributed by atoms with van der Waals surface area (Å²) in [4.78, 5) is 11.0. The minimum Gasteiger partial charge on any atom is -1.00 e. The molecule has 0 saturated carbocycles. The van der Waals surface area contributed by atoms with E-state index in [2.05, 4.69) is 32.9 Å². The monoisotopic (exact) mass is 318 g/mol. The van der Waals surface area contributed by atoms with E-state index in [0.717, 1.165) is 24.0 Å². The lowest BCUT2D eigenvalue weighted by atomic mass is 10.1. The molecule has 1 N–H and O–H groups in total. The average Bonchev–Trinajstić information content (AvgIpc) is 2.42. The number of halogens is 1. The van der Waals surface area contributed by atoms with Crippen molar-refractivity contribution in [3.8, 4) is 0 Å². The number of hydrogen-bond donors (Lipinski definition) is 1. The predicted octanol–water partition coefficient (Wildman–Crippen LogP) is 0.510. The van der Waals surface area contributed by atoms with Crippen LogP contribution in [0.5, 0.6) is 0 Å². The maximum absolute atomic E-state index is 11.0. The summed E-state index contributed by atoms with van der Waals surface area (Å²) in [6, 6.07) is 0. The molecule has 4 heteroatoms. The summed E-state index contributed by atoms with van der Waals surface area (Å²) in [6.07, 6.45) is 11.9. The Labute approximate surface area is 138 Å². The van der Waals surface area contributed by atoms with Gasteiger partial charge in [0.05, 0.1) is 27.2 Å². The van der Waals surface area contributed by atoms with Crippen molar-refractivity contribution in [2.24, 2.45) is 0 Å². The molecule has 0 aliphatic carbocycles. The molecule has 0 aromatic carbocycles. The maximum Gasteiger partial charge on any atom is 0.243 e. The van der Waals surface area contributed by atoms with Crippen LogP contribution in [-0.4, -0.2) is 44.1 Å². The molecule has 0 radical (unpaired) electrons. The zero-order valence-electron chi connectivity index (χ0n) is 14.3. The third-order valence-electron chi connectivity index (χ3n) is 3.79. The fraction of sp³-hybridized carbons (Fsp3) is 0.824. The highest BCUT2D eigenvalue weighted by Gasteiger charge is 2.13. The maximum atomic E-state index is 11.0. The van der Waals surface area contributed by atoms with E-state index in [9.17, 15) is 4.79 Å². The van der Waals surface area contributed by atoms with Gasteiger partial charge in [-0.2, -0.15) is 0 Å². The minimum atomic E-state index is -0.0672. The number of rotatable bonds is 13. The van der Waals surface area contributed by atoms with E-state index in [1.165, 1.54) is 57.6 Å². The Morgan fingerprint density at radius 2 is 1.52 bits per heavy atom. The van der Waals surface area contributed by atoms with Crippen molar-refractivity contribution in [2.75, 3.05) is 33.7 Å². The standard InChI is InChI=1S/C17H34N2O.ClH/c1-5-7-8-9-10-11-12-15-19(3,4)16-13-14-18-17(20)6-2;/h6H,2,5,7-16H2,1,3-4H3;1H. The second-order valence-corrected chi connectivity index (χ2v) is 6.35. The van der Waals surface area contributed by atoms with E-state index in [-0.39, 0.29) is 18.3 Å². The Kier molecular flexibility index (Phi) is 15.6. The first-order valence-electron chi connectivity index (χ1n) is 8.24. The summed E-state index contributed by atoms with van der Waals surface area (Å²) in [7, 11) is 4.57. The molecular formula is C17H35ClN2O. The Morgan fingerprint density at radius 3 is 2.10 bits per heavy atom. The van der Waals surface area contributed by atoms with Crippen LogP contribution < -0.4 is 17.7 Å². The molecular weight excluding hydrogens is 284 g/mol. The molecule has 0 aliphatic rings. The molecule has 0 rings (SSSR count). The summed E-state index contributed by atoms with van der Waals surface area (Å²) >= 11 is 0. The van der Waals surface area contributed by atoms with Gasteiger partial charge in [-0.1, -0.05) is 45.6 Å². The van der Waals surface area contributed by atoms with Gasteiger partial charge in [0.2, 0.25) is 5.91 Å². The molecule has 126 valence electrons. The Hall–Kier alpha value is -0.540. The van der Waals surface area contributed by atoms with Crippen LogP contribution in [0.15, 0.2) is 12.7 Å². The lowest BCUT2D eigenvalue weighted by Crippen LogP contribution is -3.00. The summed E-state index contributed by atoms with van der Waals surface area (Å²) in [6.45, 7) is 8.82. The van der Waals surface area contributed by atoms with Crippen LogP contribution in [-0.2, 0) is 4.79 Å². The number of amides is 1. The van der Waals surface area contributed by atoms with Gasteiger partial charge in [-0.25, -0.2) is 0 Å². The summed E-state index contributed by atoms with van der Waals surface area (Å²) in [5.41, 5.74) is 0. The molecule has 0 fully saturated rings. The van der Waals surface area contributed by atoms with Gasteiger partial charge in [0.15, 0.2) is 0 Å². The molecule has 0 aliphatic heterocycles. The van der Waals surface area contributed by atoms with Gasteiger partial charge in [-0.05, 0) is 18.9 Å². The van der Waals surface area contributed by atoms with Crippen molar-refractivity contribution < 1.29 is 21.7 Å². The molecule has 0 saturated heterocycles. The Balaban J connectivity index is 0. The molecule has 3 nitrogen and oxygen atoms in total. The molecule has 1 amide bonds. The summed E-state index contributed by atoms with van der Waals surface area (Å²) in [5, 5.41) is 2.83. The van der Waals surface area contributed by atoms with E-state index in [4.69, 9.17) is 0 Å². The number of hydrogen-bond acceptors (Lipinski definition) is 1. The molecule has 21 heavy (non-hydrogen) atoms. The van der Waals surface area contributed by atoms with Crippen LogP contribution in [0, 0.1) is 0 Å². The molecule has 0 bridgehead atoms. The fourth-order valence-electron chi connectivity index (χ4n) is 2.40. The van der Waals surface area contributed by atoms with Crippen LogP contribution in [0.1, 0.15) is 58.3 Å². The molecule has 0 aromatic rings. The Morgan fingerprint density at radius 1 is 1.00 bits per heavy atom. The Bertz CT molecular complexity index is 268. The van der Waals surface area contributed by atoms with E-state index in [1.807, 2.05) is 0 Å². The smallest absolute Gasteiger partial charge is 0.243 e. The first kappa shape index (κ1) is 22.7. The summed E-state index contributed by atoms with van der Waals surface area (Å²) in [5.74, 6) is -0.0672. The van der Waals surface area contributed by atoms with Crippen LogP contribution in [0.25, 0.3) is 0 Å². The van der Waals surface area contributed by atoms with Gasteiger partial charge in [0.25, 0.3) is 0 Å². The van der Waals surface area contributed by atoms with Crippen LogP contribution >= 0.6 is 0 Å². The minimum absolute atomic E-state index is 0. The highest BCUT2D eigenvalue weighted by molar-refractivity contribution is 5.86. The molecule has 0 aromatic heterocycles. The largest absolute Gasteiger partial charge is 1.00 e. The van der Waals surface area contributed by atoms with Crippen molar-refractivity contribution in [1.82, 2.24) is 5.32 Å². The first-order valence-corrected chi connectivity index (χ1v) is 8.24. The highest BCUT2D eigenvalue weighted by Crippen LogP contribution is 2.09. The van der Waals surface area contributed by atoms with Gasteiger partial charge in [-0.3, -0.25) is 4.79 Å². The van der Waals surface area contributed by atoms with E-state index in [0.29, 0.717) is 0 Å². The van der Waals surface area contributed by atoms with Crippen molar-refractivity contribution in [3.63, 3.8) is 0 Å². The van der Waals surface area contributed by atoms with Gasteiger partial charge in [0, 0.05) is 13.0 Å². The number of nitrogens with one attached hydrogen (secondary N) is 1. The van der Waals surface area contributed by atoms with Crippen molar-refractivity contribution in [2.45, 2.75) is 58.3 Å². The number of nitrogens with zero attached hydrogens (tertiary/aromatic N) is 1. The lowest BCUT2D eigenvalue weighted by molar-refractivity contribution is -0.890. The predicted molar refractivity (Wildman–Crippen MR) is 87.7 cm³/mol. The second kappa shape index (κ2) is 14.4. The second-order valence-electron chi connectivity index (χ2n) is 6.35. The van der Waals surface area contributed by atoms with E-state index in [1.54, 1.807) is 0 Å². The average molecular weight is 319 g/mol. The van der Waals surface area contributed by atoms with Crippen molar-refractivity contribution >= 4 is 5.91 Å². The quantitative estimate of drug-likeness (QED) is 0.299. The zero-order valence-corrected chi connectivity index (χ0v) is 15.1. The number of carbonyl (C=O) groups excluding carboxylic acids is 1. The lowest BCUT2D eigenvalue weighted by Gasteiger charge is -2.30. The topological polar surface area (TPSA) is 29.1 Å². The van der Waals surface area contributed by atoms with Crippen LogP contribution in [0.2, 0.25) is 0 Å². The van der Waals surface area contributed by atoms with E-state index >= 15 is 0 Å². The van der Waals surface area contributed by atoms with Gasteiger partial charge in [0.1, 0.15) is 0 Å². The van der Waals surface area contributed by atoms with Crippen LogP contribution in [0.4, 0.5) is 0 Å². The SMILES string of the molecule is C=CC(=O)NCCC[N+](C)(C)CCCCCCCCC.[Cl-]. The number of carbonyl (C=O) groups is 1. The van der Waals surface area contributed by atoms with Crippen LogP contribution in [0.3, 0.4) is 0 Å². The van der Waals surface area contributed by atoms with Gasteiger partial charge in [-0.15, -0.1) is 0 Å². The zero-order chi connectivity index (χ0) is 15.3. The number of unbranched alkanes of at least 4 members (excludes halogenated alkanes) is 6. The molecule has 0 spiro atoms. The van der Waals surface area contributed by atoms with Crippen molar-refractivity contribution in [3.05, 3.63) is 12.7 Å². The van der Waals surface area contributed by atoms with Gasteiger partial charge < -0.3 is 22.2 Å². The third-order valence-corrected chi connectivity index (χ3v) is 3.79. The first-order chi connectivity index (χ1) is 9.52. The highest BCUT2D eigenvalue weighted by atomic mass is 35.5. The van der Waals surface area contributed by atoms with Crippen molar-refractivity contribution in [1.29, 1.82) is 0 Å². The molecule has 0 heterocycles. The number of quaternary nitrogens is 1. The van der Waals surface area contributed by atoms with Gasteiger partial charge >= 0.3 is 0 Å².